The highest BCUT2D eigenvalue weighted by Gasteiger charge is 2.40. The topological polar surface area (TPSA) is 12.4 Å². The normalized spacial score (nSPS) is 15.0. The van der Waals surface area contributed by atoms with Crippen molar-refractivity contribution in [2.45, 2.75) is 6.42 Å². The molecule has 1 heteroatoms. The Balaban J connectivity index is 1.47. The van der Waals surface area contributed by atoms with Crippen molar-refractivity contribution in [1.29, 1.82) is 0 Å². The number of nitrogens with zero attached hydrogens (tertiary/aromatic N) is 1. The van der Waals surface area contributed by atoms with E-state index < -0.39 is 0 Å². The van der Waals surface area contributed by atoms with Gasteiger partial charge in [0.2, 0.25) is 0 Å². The van der Waals surface area contributed by atoms with Gasteiger partial charge in [0.15, 0.2) is 0 Å². The number of rotatable bonds is 2. The van der Waals surface area contributed by atoms with E-state index in [1.165, 1.54) is 82.9 Å². The highest BCUT2D eigenvalue weighted by molar-refractivity contribution is 6.48. The predicted octanol–water partition coefficient (Wildman–Crippen LogP) is 9.52. The average molecular weight is 494 g/mol. The molecule has 39 heavy (non-hydrogen) atoms. The van der Waals surface area contributed by atoms with Crippen molar-refractivity contribution in [2.75, 3.05) is 0 Å². The second-order valence-corrected chi connectivity index (χ2v) is 10.6. The van der Waals surface area contributed by atoms with Gasteiger partial charge >= 0.3 is 0 Å². The van der Waals surface area contributed by atoms with Crippen LogP contribution in [-0.4, -0.2) is 5.71 Å². The van der Waals surface area contributed by atoms with E-state index in [-0.39, 0.29) is 0 Å². The summed E-state index contributed by atoms with van der Waals surface area (Å²) in [7, 11) is 0. The quantitative estimate of drug-likeness (QED) is 0.228. The van der Waals surface area contributed by atoms with E-state index >= 15 is 0 Å². The Morgan fingerprint density at radius 2 is 1.00 bits per heavy atom. The molecule has 180 valence electrons. The van der Waals surface area contributed by atoms with Crippen molar-refractivity contribution in [1.82, 2.24) is 0 Å². The highest BCUT2D eigenvalue weighted by atomic mass is 14.8. The molecule has 1 nitrogen and oxygen atoms in total. The fraction of sp³-hybridized carbons (Fsp3) is 0.0263. The van der Waals surface area contributed by atoms with Crippen LogP contribution in [0.3, 0.4) is 0 Å². The summed E-state index contributed by atoms with van der Waals surface area (Å²) in [5, 5.41) is 5.15. The Morgan fingerprint density at radius 1 is 0.436 bits per heavy atom. The summed E-state index contributed by atoms with van der Waals surface area (Å²) < 4.78 is 0. The zero-order chi connectivity index (χ0) is 25.5. The maximum absolute atomic E-state index is 5.27. The summed E-state index contributed by atoms with van der Waals surface area (Å²) in [5.74, 6) is 0. The summed E-state index contributed by atoms with van der Waals surface area (Å²) in [4.78, 5) is 5.27. The zero-order valence-electron chi connectivity index (χ0n) is 21.3. The third-order valence-corrected chi connectivity index (χ3v) is 8.60. The summed E-state index contributed by atoms with van der Waals surface area (Å²) in [6.45, 7) is 0. The molecule has 0 saturated carbocycles. The minimum Gasteiger partial charge on any atom is -0.252 e. The minimum absolute atomic E-state index is 0.856. The van der Waals surface area contributed by atoms with Crippen LogP contribution in [0.1, 0.15) is 33.4 Å². The molecule has 0 atom stereocenters. The number of benzene rings is 6. The van der Waals surface area contributed by atoms with Crippen LogP contribution in [0.15, 0.2) is 132 Å². The second-order valence-electron chi connectivity index (χ2n) is 10.6. The van der Waals surface area contributed by atoms with Gasteiger partial charge in [-0.3, -0.25) is 4.99 Å². The van der Waals surface area contributed by atoms with E-state index in [2.05, 4.69) is 127 Å². The zero-order valence-corrected chi connectivity index (χ0v) is 21.3. The largest absolute Gasteiger partial charge is 0.252 e. The molecule has 0 spiro atoms. The van der Waals surface area contributed by atoms with Gasteiger partial charge in [0.1, 0.15) is 0 Å². The standard InChI is InChI=1S/C38H23N/c1-2-12-25(13-3-1)33-34-27-15-7-4-10-23(27)18-20-29(34)37-36(33)30-21-19-24-11-5-8-16-28(24)35(30)38(37)32-22-26-14-6-9-17-31(26)39-32/h1-21H,22H2. The Hall–Kier alpha value is -5.01. The summed E-state index contributed by atoms with van der Waals surface area (Å²) in [6, 6.07) is 46.4. The number of aliphatic imine (C=N–C) groups is 1. The number of allylic oxidation sites excluding steroid dienone is 3. The van der Waals surface area contributed by atoms with Crippen molar-refractivity contribution in [3.63, 3.8) is 0 Å². The Morgan fingerprint density at radius 3 is 1.69 bits per heavy atom. The monoisotopic (exact) mass is 493 g/mol. The van der Waals surface area contributed by atoms with E-state index in [0.29, 0.717) is 0 Å². The number of hydrogen-bond acceptors (Lipinski definition) is 1. The van der Waals surface area contributed by atoms with Crippen molar-refractivity contribution >= 4 is 55.2 Å². The van der Waals surface area contributed by atoms with Gasteiger partial charge in [0.25, 0.3) is 0 Å². The molecule has 0 saturated heterocycles. The first kappa shape index (κ1) is 21.0. The maximum Gasteiger partial charge on any atom is 0.0669 e. The molecule has 6 aromatic carbocycles. The molecule has 0 bridgehead atoms. The fourth-order valence-electron chi connectivity index (χ4n) is 7.00. The first-order chi connectivity index (χ1) is 19.4. The van der Waals surface area contributed by atoms with Gasteiger partial charge in [0.05, 0.1) is 11.4 Å². The van der Waals surface area contributed by atoms with Crippen LogP contribution >= 0.6 is 0 Å². The first-order valence-corrected chi connectivity index (χ1v) is 13.6. The molecule has 0 radical (unpaired) electrons. The van der Waals surface area contributed by atoms with E-state index in [1.54, 1.807) is 0 Å². The molecular weight excluding hydrogens is 470 g/mol. The lowest BCUT2D eigenvalue weighted by molar-refractivity contribution is 1.40. The third-order valence-electron chi connectivity index (χ3n) is 8.60. The summed E-state index contributed by atoms with van der Waals surface area (Å²) in [6.07, 6.45) is 0.856. The number of para-hydroxylation sites is 1. The van der Waals surface area contributed by atoms with Crippen molar-refractivity contribution < 1.29 is 0 Å². The smallest absolute Gasteiger partial charge is 0.0669 e. The van der Waals surface area contributed by atoms with Crippen LogP contribution in [0.2, 0.25) is 0 Å². The van der Waals surface area contributed by atoms with Gasteiger partial charge in [-0.1, -0.05) is 121 Å². The Bertz CT molecular complexity index is 2120. The lowest BCUT2D eigenvalue weighted by Crippen LogP contribution is -2.03. The Labute approximate surface area is 227 Å². The first-order valence-electron chi connectivity index (χ1n) is 13.6. The molecule has 1 heterocycles. The molecule has 3 aliphatic rings. The van der Waals surface area contributed by atoms with E-state index in [4.69, 9.17) is 4.99 Å². The maximum atomic E-state index is 5.27. The molecule has 2 aliphatic carbocycles. The molecule has 0 aromatic heterocycles. The van der Waals surface area contributed by atoms with Gasteiger partial charge in [-0.05, 0) is 72.1 Å². The van der Waals surface area contributed by atoms with Gasteiger partial charge in [0, 0.05) is 17.6 Å². The van der Waals surface area contributed by atoms with Gasteiger partial charge in [-0.2, -0.15) is 0 Å². The molecule has 0 fully saturated rings. The van der Waals surface area contributed by atoms with Gasteiger partial charge < -0.3 is 0 Å². The highest BCUT2D eigenvalue weighted by Crippen LogP contribution is 2.60. The van der Waals surface area contributed by atoms with E-state index in [0.717, 1.165) is 12.1 Å². The molecular formula is C38H23N. The van der Waals surface area contributed by atoms with Gasteiger partial charge in [-0.25, -0.2) is 0 Å². The SMILES string of the molecule is c1ccc(C2=C3C(=C(C4=Nc5ccccc5C4)c4c3ccc3ccccc43)c3ccc4ccccc4c32)cc1. The lowest BCUT2D eigenvalue weighted by Gasteiger charge is -2.15. The summed E-state index contributed by atoms with van der Waals surface area (Å²) >= 11 is 0. The van der Waals surface area contributed by atoms with Crippen molar-refractivity contribution in [3.8, 4) is 0 Å². The van der Waals surface area contributed by atoms with Crippen LogP contribution in [0.5, 0.6) is 0 Å². The molecule has 0 unspecified atom stereocenters. The summed E-state index contributed by atoms with van der Waals surface area (Å²) in [5.41, 5.74) is 15.5. The minimum atomic E-state index is 0.856. The second kappa shape index (κ2) is 7.75. The molecule has 0 amide bonds. The van der Waals surface area contributed by atoms with Crippen LogP contribution in [0.25, 0.3) is 43.8 Å². The Kier molecular flexibility index (Phi) is 4.17. The van der Waals surface area contributed by atoms with Crippen molar-refractivity contribution in [3.05, 3.63) is 161 Å². The molecule has 1 aliphatic heterocycles. The van der Waals surface area contributed by atoms with Crippen LogP contribution in [0.4, 0.5) is 5.69 Å². The number of fused-ring (bicyclic) bond motifs is 10. The molecule has 0 N–H and O–H groups in total. The molecule has 9 rings (SSSR count). The average Bonchev–Trinajstić information content (AvgIpc) is 3.67. The third kappa shape index (κ3) is 2.82. The van der Waals surface area contributed by atoms with Crippen LogP contribution in [-0.2, 0) is 6.42 Å². The van der Waals surface area contributed by atoms with Crippen LogP contribution < -0.4 is 0 Å². The lowest BCUT2D eigenvalue weighted by atomic mass is 9.87. The van der Waals surface area contributed by atoms with E-state index in [1.807, 2.05) is 0 Å². The predicted molar refractivity (Wildman–Crippen MR) is 164 cm³/mol. The van der Waals surface area contributed by atoms with E-state index in [9.17, 15) is 0 Å². The van der Waals surface area contributed by atoms with Gasteiger partial charge in [-0.15, -0.1) is 0 Å². The fourth-order valence-corrected chi connectivity index (χ4v) is 7.00. The van der Waals surface area contributed by atoms with Crippen molar-refractivity contribution in [2.24, 2.45) is 4.99 Å². The number of hydrogen-bond donors (Lipinski definition) is 0. The molecule has 6 aromatic rings. The van der Waals surface area contributed by atoms with Crippen LogP contribution in [0, 0.1) is 0 Å².